The Morgan fingerprint density at radius 2 is 1.69 bits per heavy atom. The molecule has 0 radical (unpaired) electrons. The number of likely N-dealkylation sites (N-methyl/N-ethyl adjacent to an activating group) is 1. The van der Waals surface area contributed by atoms with Crippen LogP contribution >= 0.6 is 0 Å². The lowest BCUT2D eigenvalue weighted by Crippen LogP contribution is -2.44. The van der Waals surface area contributed by atoms with Crippen LogP contribution in [0.1, 0.15) is 53.0 Å². The fourth-order valence-corrected chi connectivity index (χ4v) is 4.30. The Kier molecular flexibility index (Phi) is 4.03. The molecule has 2 saturated heterocycles. The van der Waals surface area contributed by atoms with Gasteiger partial charge < -0.3 is 18.9 Å². The summed E-state index contributed by atoms with van der Waals surface area (Å²) in [5.41, 5.74) is 1.94. The van der Waals surface area contributed by atoms with Crippen LogP contribution < -0.4 is 10.4 Å². The van der Waals surface area contributed by atoms with E-state index in [1.54, 1.807) is 0 Å². The van der Waals surface area contributed by atoms with Gasteiger partial charge in [0.1, 0.15) is 0 Å². The second-order valence-corrected chi connectivity index (χ2v) is 8.61. The molecular weight excluding hydrogens is 329 g/mol. The van der Waals surface area contributed by atoms with Gasteiger partial charge in [0.2, 0.25) is 5.91 Å². The van der Waals surface area contributed by atoms with Crippen LogP contribution in [0.5, 0.6) is 0 Å². The smallest absolute Gasteiger partial charge is 0.399 e. The summed E-state index contributed by atoms with van der Waals surface area (Å²) in [4.78, 5) is 15.1. The molecule has 0 saturated carbocycles. The minimum atomic E-state index is -0.419. The standard InChI is InChI=1S/C20H28BNO4/c1-6-22-16-13-14(21-25-18(2,3)19(4,5)26-21)7-8-15(16)20(17(22)23)9-11-24-12-10-20/h7-8,13H,6,9-12H2,1-5H3. The van der Waals surface area contributed by atoms with Crippen molar-refractivity contribution in [2.45, 2.75) is 64.1 Å². The Bertz CT molecular complexity index is 723. The Morgan fingerprint density at radius 3 is 2.27 bits per heavy atom. The number of nitrogens with zero attached hydrogens (tertiary/aromatic N) is 1. The van der Waals surface area contributed by atoms with E-state index in [1.165, 1.54) is 0 Å². The summed E-state index contributed by atoms with van der Waals surface area (Å²) in [5.74, 6) is 0.212. The molecule has 0 N–H and O–H groups in total. The van der Waals surface area contributed by atoms with Crippen molar-refractivity contribution in [2.75, 3.05) is 24.7 Å². The van der Waals surface area contributed by atoms with Gasteiger partial charge in [0.15, 0.2) is 0 Å². The van der Waals surface area contributed by atoms with Crippen molar-refractivity contribution in [2.24, 2.45) is 0 Å². The van der Waals surface area contributed by atoms with Gasteiger partial charge >= 0.3 is 7.12 Å². The molecule has 2 fully saturated rings. The summed E-state index contributed by atoms with van der Waals surface area (Å²) in [5, 5.41) is 0. The Morgan fingerprint density at radius 1 is 1.08 bits per heavy atom. The summed E-state index contributed by atoms with van der Waals surface area (Å²) in [6.07, 6.45) is 1.51. The molecule has 140 valence electrons. The highest BCUT2D eigenvalue weighted by molar-refractivity contribution is 6.62. The number of carbonyl (C=O) groups excluding carboxylic acids is 1. The number of fused-ring (bicyclic) bond motifs is 2. The molecule has 5 nitrogen and oxygen atoms in total. The zero-order chi connectivity index (χ0) is 18.7. The maximum atomic E-state index is 13.2. The summed E-state index contributed by atoms with van der Waals surface area (Å²) in [6, 6.07) is 6.25. The predicted molar refractivity (Wildman–Crippen MR) is 102 cm³/mol. The fourth-order valence-electron chi connectivity index (χ4n) is 4.30. The van der Waals surface area contributed by atoms with Crippen molar-refractivity contribution in [3.63, 3.8) is 0 Å². The van der Waals surface area contributed by atoms with Gasteiger partial charge in [-0.1, -0.05) is 12.1 Å². The second-order valence-electron chi connectivity index (χ2n) is 8.61. The maximum Gasteiger partial charge on any atom is 0.494 e. The fraction of sp³-hybridized carbons (Fsp3) is 0.650. The molecule has 3 aliphatic heterocycles. The van der Waals surface area contributed by atoms with Gasteiger partial charge in [0.25, 0.3) is 0 Å². The van der Waals surface area contributed by atoms with Crippen LogP contribution in [-0.2, 0) is 24.3 Å². The highest BCUT2D eigenvalue weighted by atomic mass is 16.7. The number of hydrogen-bond donors (Lipinski definition) is 0. The van der Waals surface area contributed by atoms with Gasteiger partial charge in [0.05, 0.1) is 16.6 Å². The molecule has 1 amide bonds. The minimum Gasteiger partial charge on any atom is -0.399 e. The number of ether oxygens (including phenoxy) is 1. The number of rotatable bonds is 2. The van der Waals surface area contributed by atoms with Crippen LogP contribution in [0.15, 0.2) is 18.2 Å². The number of anilines is 1. The first-order valence-electron chi connectivity index (χ1n) is 9.62. The first-order chi connectivity index (χ1) is 12.2. The van der Waals surface area contributed by atoms with Crippen molar-refractivity contribution < 1.29 is 18.8 Å². The van der Waals surface area contributed by atoms with Crippen LogP contribution in [0.25, 0.3) is 0 Å². The first kappa shape index (κ1) is 18.0. The van der Waals surface area contributed by atoms with Crippen LogP contribution in [0, 0.1) is 0 Å². The number of benzene rings is 1. The van der Waals surface area contributed by atoms with E-state index in [4.69, 9.17) is 14.0 Å². The normalized spacial score (nSPS) is 25.8. The minimum absolute atomic E-state index is 0.212. The molecule has 1 aromatic carbocycles. The summed E-state index contributed by atoms with van der Waals surface area (Å²) in [6.45, 7) is 12.2. The van der Waals surface area contributed by atoms with E-state index in [0.717, 1.165) is 29.6 Å². The lowest BCUT2D eigenvalue weighted by atomic mass is 9.73. The Hall–Kier alpha value is -1.37. The van der Waals surface area contributed by atoms with Crippen LogP contribution in [0.3, 0.4) is 0 Å². The van der Waals surface area contributed by atoms with Gasteiger partial charge in [-0.15, -0.1) is 0 Å². The van der Waals surface area contributed by atoms with Gasteiger partial charge in [-0.25, -0.2) is 0 Å². The summed E-state index contributed by atoms with van der Waals surface area (Å²) < 4.78 is 17.9. The van der Waals surface area contributed by atoms with E-state index in [-0.39, 0.29) is 17.1 Å². The molecule has 4 rings (SSSR count). The van der Waals surface area contributed by atoms with E-state index >= 15 is 0 Å². The molecule has 0 bridgehead atoms. The van der Waals surface area contributed by atoms with E-state index < -0.39 is 12.5 Å². The quantitative estimate of drug-likeness (QED) is 0.763. The lowest BCUT2D eigenvalue weighted by Gasteiger charge is -2.32. The molecule has 1 spiro atoms. The maximum absolute atomic E-state index is 13.2. The number of amides is 1. The van der Waals surface area contributed by atoms with Crippen LogP contribution in [0.4, 0.5) is 5.69 Å². The van der Waals surface area contributed by atoms with E-state index in [9.17, 15) is 4.79 Å². The van der Waals surface area contributed by atoms with E-state index in [1.807, 2.05) is 11.8 Å². The molecule has 0 aliphatic carbocycles. The molecule has 6 heteroatoms. The number of carbonyl (C=O) groups is 1. The third-order valence-electron chi connectivity index (χ3n) is 6.67. The SMILES string of the molecule is CCN1C(=O)C2(CCOCC2)c2ccc(B3OC(C)(C)C(C)(C)O3)cc21. The third-order valence-corrected chi connectivity index (χ3v) is 6.67. The zero-order valence-corrected chi connectivity index (χ0v) is 16.4. The lowest BCUT2D eigenvalue weighted by molar-refractivity contribution is -0.126. The van der Waals surface area contributed by atoms with Crippen molar-refractivity contribution in [1.29, 1.82) is 0 Å². The molecule has 3 aliphatic rings. The van der Waals surface area contributed by atoms with Gasteiger partial charge in [-0.05, 0) is 64.6 Å². The van der Waals surface area contributed by atoms with Gasteiger partial charge in [0, 0.05) is 25.4 Å². The molecule has 26 heavy (non-hydrogen) atoms. The van der Waals surface area contributed by atoms with Crippen molar-refractivity contribution in [1.82, 2.24) is 0 Å². The van der Waals surface area contributed by atoms with Gasteiger partial charge in [-0.3, -0.25) is 4.79 Å². The summed E-state index contributed by atoms with van der Waals surface area (Å²) >= 11 is 0. The molecule has 0 unspecified atom stereocenters. The predicted octanol–water partition coefficient (Wildman–Crippen LogP) is 2.40. The van der Waals surface area contributed by atoms with Crippen molar-refractivity contribution >= 4 is 24.2 Å². The van der Waals surface area contributed by atoms with Crippen LogP contribution in [0.2, 0.25) is 0 Å². The van der Waals surface area contributed by atoms with E-state index in [0.29, 0.717) is 19.8 Å². The number of hydrogen-bond acceptors (Lipinski definition) is 4. The molecular formula is C20H28BNO4. The monoisotopic (exact) mass is 357 g/mol. The van der Waals surface area contributed by atoms with Crippen molar-refractivity contribution in [3.05, 3.63) is 23.8 Å². The Labute approximate surface area is 156 Å². The van der Waals surface area contributed by atoms with Gasteiger partial charge in [-0.2, -0.15) is 0 Å². The third kappa shape index (κ3) is 2.39. The zero-order valence-electron chi connectivity index (χ0n) is 16.4. The highest BCUT2D eigenvalue weighted by Crippen LogP contribution is 2.47. The van der Waals surface area contributed by atoms with E-state index in [2.05, 4.69) is 45.9 Å². The van der Waals surface area contributed by atoms with Crippen LogP contribution in [-0.4, -0.2) is 44.0 Å². The molecule has 3 heterocycles. The molecule has 0 aromatic heterocycles. The average Bonchev–Trinajstić information content (AvgIpc) is 2.96. The Balaban J connectivity index is 1.73. The second kappa shape index (κ2) is 5.81. The average molecular weight is 357 g/mol. The summed E-state index contributed by atoms with van der Waals surface area (Å²) in [7, 11) is -0.412. The molecule has 0 atom stereocenters. The first-order valence-corrected chi connectivity index (χ1v) is 9.62. The largest absolute Gasteiger partial charge is 0.494 e. The topological polar surface area (TPSA) is 48.0 Å². The molecule has 1 aromatic rings. The van der Waals surface area contributed by atoms with Crippen molar-refractivity contribution in [3.8, 4) is 0 Å². The highest BCUT2D eigenvalue weighted by Gasteiger charge is 2.54.